The summed E-state index contributed by atoms with van der Waals surface area (Å²) in [6, 6.07) is 13.2. The van der Waals surface area contributed by atoms with Crippen molar-refractivity contribution >= 4 is 28.1 Å². The maximum absolute atomic E-state index is 12.9. The van der Waals surface area contributed by atoms with E-state index in [2.05, 4.69) is 41.9 Å². The van der Waals surface area contributed by atoms with Gasteiger partial charge in [-0.1, -0.05) is 28.1 Å². The Kier molecular flexibility index (Phi) is 5.24. The van der Waals surface area contributed by atoms with Gasteiger partial charge in [0.2, 0.25) is 5.82 Å². The minimum atomic E-state index is -0.394. The van der Waals surface area contributed by atoms with E-state index in [-0.39, 0.29) is 12.4 Å². The van der Waals surface area contributed by atoms with Crippen LogP contribution < -0.4 is 5.43 Å². The SMILES string of the molecule is O=C(Cn1nnc(-c2ccc(F)cc2)n1)N/N=C\c1cccc(Br)c1. The third-order valence-corrected chi connectivity index (χ3v) is 3.59. The van der Waals surface area contributed by atoms with E-state index in [0.29, 0.717) is 11.4 Å². The molecule has 0 aliphatic heterocycles. The second-order valence-electron chi connectivity index (χ2n) is 5.00. The molecule has 0 saturated carbocycles. The van der Waals surface area contributed by atoms with Crippen LogP contribution in [-0.4, -0.2) is 32.3 Å². The van der Waals surface area contributed by atoms with Crippen molar-refractivity contribution in [2.24, 2.45) is 5.10 Å². The number of nitrogens with zero attached hydrogens (tertiary/aromatic N) is 5. The fourth-order valence-electron chi connectivity index (χ4n) is 1.95. The van der Waals surface area contributed by atoms with Gasteiger partial charge in [0.15, 0.2) is 0 Å². The summed E-state index contributed by atoms with van der Waals surface area (Å²) in [6.07, 6.45) is 1.53. The van der Waals surface area contributed by atoms with Crippen molar-refractivity contribution < 1.29 is 9.18 Å². The first-order valence-corrected chi connectivity index (χ1v) is 8.01. The zero-order valence-corrected chi connectivity index (χ0v) is 14.4. The monoisotopic (exact) mass is 402 g/mol. The molecule has 0 aliphatic rings. The molecule has 0 saturated heterocycles. The largest absolute Gasteiger partial charge is 0.271 e. The minimum Gasteiger partial charge on any atom is -0.271 e. The van der Waals surface area contributed by atoms with E-state index in [1.807, 2.05) is 24.3 Å². The number of nitrogens with one attached hydrogen (secondary N) is 1. The lowest BCUT2D eigenvalue weighted by molar-refractivity contribution is -0.122. The molecule has 0 unspecified atom stereocenters. The van der Waals surface area contributed by atoms with Crippen molar-refractivity contribution in [3.63, 3.8) is 0 Å². The van der Waals surface area contributed by atoms with Gasteiger partial charge >= 0.3 is 0 Å². The van der Waals surface area contributed by atoms with Crippen molar-refractivity contribution in [2.75, 3.05) is 0 Å². The Balaban J connectivity index is 1.57. The lowest BCUT2D eigenvalue weighted by Crippen LogP contribution is -2.24. The summed E-state index contributed by atoms with van der Waals surface area (Å²) in [4.78, 5) is 13.0. The standard InChI is InChI=1S/C16H12BrFN6O/c17-13-3-1-2-11(8-13)9-19-20-15(25)10-24-22-16(21-23-24)12-4-6-14(18)7-5-12/h1-9H,10H2,(H,20,25)/b19-9-. The van der Waals surface area contributed by atoms with Gasteiger partial charge in [-0.05, 0) is 47.2 Å². The minimum absolute atomic E-state index is 0.135. The van der Waals surface area contributed by atoms with Crippen molar-refractivity contribution in [3.05, 3.63) is 64.4 Å². The molecule has 0 spiro atoms. The molecular formula is C16H12BrFN6O. The highest BCUT2D eigenvalue weighted by molar-refractivity contribution is 9.10. The van der Waals surface area contributed by atoms with E-state index in [0.717, 1.165) is 14.8 Å². The van der Waals surface area contributed by atoms with E-state index >= 15 is 0 Å². The molecule has 1 aromatic heterocycles. The number of tetrazole rings is 1. The molecule has 3 rings (SSSR count). The predicted octanol–water partition coefficient (Wildman–Crippen LogP) is 2.39. The third-order valence-electron chi connectivity index (χ3n) is 3.09. The third kappa shape index (κ3) is 4.77. The first-order chi connectivity index (χ1) is 12.1. The normalized spacial score (nSPS) is 11.0. The molecule has 126 valence electrons. The number of hydrogen-bond acceptors (Lipinski definition) is 5. The summed E-state index contributed by atoms with van der Waals surface area (Å²) >= 11 is 3.36. The van der Waals surface area contributed by atoms with E-state index in [9.17, 15) is 9.18 Å². The highest BCUT2D eigenvalue weighted by Gasteiger charge is 2.09. The number of benzene rings is 2. The number of carbonyl (C=O) groups excluding carboxylic acids is 1. The van der Waals surface area contributed by atoms with Gasteiger partial charge in [0.1, 0.15) is 12.4 Å². The van der Waals surface area contributed by atoms with Crippen molar-refractivity contribution in [1.29, 1.82) is 0 Å². The average molecular weight is 403 g/mol. The van der Waals surface area contributed by atoms with E-state index in [1.165, 1.54) is 18.3 Å². The average Bonchev–Trinajstić information content (AvgIpc) is 3.04. The van der Waals surface area contributed by atoms with Crippen LogP contribution in [0.5, 0.6) is 0 Å². The van der Waals surface area contributed by atoms with Crippen LogP contribution in [-0.2, 0) is 11.3 Å². The van der Waals surface area contributed by atoms with Gasteiger partial charge in [-0.25, -0.2) is 9.82 Å². The Morgan fingerprint density at radius 3 is 2.84 bits per heavy atom. The first-order valence-electron chi connectivity index (χ1n) is 7.21. The molecule has 0 radical (unpaired) electrons. The van der Waals surface area contributed by atoms with Gasteiger partial charge in [0, 0.05) is 10.0 Å². The Morgan fingerprint density at radius 1 is 1.28 bits per heavy atom. The number of halogens is 2. The first kappa shape index (κ1) is 16.9. The fourth-order valence-corrected chi connectivity index (χ4v) is 2.37. The maximum Gasteiger partial charge on any atom is 0.263 e. The summed E-state index contributed by atoms with van der Waals surface area (Å²) in [5.41, 5.74) is 3.84. The highest BCUT2D eigenvalue weighted by Crippen LogP contribution is 2.13. The van der Waals surface area contributed by atoms with Crippen LogP contribution in [0, 0.1) is 5.82 Å². The summed E-state index contributed by atoms with van der Waals surface area (Å²) in [5.74, 6) is -0.432. The predicted molar refractivity (Wildman–Crippen MR) is 93.1 cm³/mol. The van der Waals surface area contributed by atoms with Crippen LogP contribution in [0.4, 0.5) is 4.39 Å². The van der Waals surface area contributed by atoms with E-state index in [1.54, 1.807) is 12.1 Å². The lowest BCUT2D eigenvalue weighted by Gasteiger charge is -1.98. The quantitative estimate of drug-likeness (QED) is 0.524. The summed E-state index contributed by atoms with van der Waals surface area (Å²) in [6.45, 7) is -0.135. The Labute approximate surface area is 150 Å². The molecule has 0 aliphatic carbocycles. The molecular weight excluding hydrogens is 391 g/mol. The van der Waals surface area contributed by atoms with Gasteiger partial charge in [-0.15, -0.1) is 10.2 Å². The second-order valence-corrected chi connectivity index (χ2v) is 5.91. The molecule has 9 heteroatoms. The molecule has 7 nitrogen and oxygen atoms in total. The smallest absolute Gasteiger partial charge is 0.263 e. The number of hydrazone groups is 1. The van der Waals surface area contributed by atoms with Crippen LogP contribution in [0.25, 0.3) is 11.4 Å². The maximum atomic E-state index is 12.9. The number of hydrogen-bond donors (Lipinski definition) is 1. The fraction of sp³-hybridized carbons (Fsp3) is 0.0625. The van der Waals surface area contributed by atoms with Crippen molar-refractivity contribution in [2.45, 2.75) is 6.54 Å². The second kappa shape index (κ2) is 7.75. The molecule has 0 atom stereocenters. The molecule has 1 amide bonds. The summed E-state index contributed by atoms with van der Waals surface area (Å²) < 4.78 is 13.8. The van der Waals surface area contributed by atoms with Gasteiger partial charge in [-0.2, -0.15) is 9.90 Å². The lowest BCUT2D eigenvalue weighted by atomic mass is 10.2. The van der Waals surface area contributed by atoms with Gasteiger partial charge in [-0.3, -0.25) is 4.79 Å². The van der Waals surface area contributed by atoms with Crippen LogP contribution in [0.2, 0.25) is 0 Å². The van der Waals surface area contributed by atoms with Crippen LogP contribution in [0.15, 0.2) is 58.1 Å². The van der Waals surface area contributed by atoms with E-state index < -0.39 is 5.91 Å². The number of amides is 1. The Hall–Kier alpha value is -2.94. The van der Waals surface area contributed by atoms with Crippen molar-refractivity contribution in [1.82, 2.24) is 25.6 Å². The zero-order valence-electron chi connectivity index (χ0n) is 12.8. The summed E-state index contributed by atoms with van der Waals surface area (Å²) in [7, 11) is 0. The van der Waals surface area contributed by atoms with Gasteiger partial charge in [0.25, 0.3) is 5.91 Å². The zero-order chi connectivity index (χ0) is 17.6. The number of carbonyl (C=O) groups is 1. The molecule has 2 aromatic carbocycles. The van der Waals surface area contributed by atoms with Crippen molar-refractivity contribution in [3.8, 4) is 11.4 Å². The van der Waals surface area contributed by atoms with Crippen LogP contribution in [0.1, 0.15) is 5.56 Å². The molecule has 3 aromatic rings. The topological polar surface area (TPSA) is 85.1 Å². The van der Waals surface area contributed by atoms with E-state index in [4.69, 9.17) is 0 Å². The highest BCUT2D eigenvalue weighted by atomic mass is 79.9. The molecule has 1 heterocycles. The Morgan fingerprint density at radius 2 is 2.08 bits per heavy atom. The molecule has 1 N–H and O–H groups in total. The molecule has 0 fully saturated rings. The van der Waals surface area contributed by atoms with Gasteiger partial charge in [0.05, 0.1) is 6.21 Å². The Bertz CT molecular complexity index is 909. The number of rotatable bonds is 5. The van der Waals surface area contributed by atoms with Crippen LogP contribution >= 0.6 is 15.9 Å². The van der Waals surface area contributed by atoms with Gasteiger partial charge < -0.3 is 0 Å². The molecule has 25 heavy (non-hydrogen) atoms. The molecule has 0 bridgehead atoms. The summed E-state index contributed by atoms with van der Waals surface area (Å²) in [5, 5.41) is 15.6. The van der Waals surface area contributed by atoms with Crippen LogP contribution in [0.3, 0.4) is 0 Å². The number of aromatic nitrogens is 4.